The lowest BCUT2D eigenvalue weighted by molar-refractivity contribution is -0.146. The van der Waals surface area contributed by atoms with E-state index in [1.54, 1.807) is 0 Å². The number of carbonyl (C=O) groups is 2. The fraction of sp³-hybridized carbons (Fsp3) is 0.393. The van der Waals surface area contributed by atoms with E-state index in [0.29, 0.717) is 69.3 Å². The van der Waals surface area contributed by atoms with E-state index in [1.807, 2.05) is 123 Å². The van der Waals surface area contributed by atoms with E-state index < -0.39 is 11.9 Å². The predicted octanol–water partition coefficient (Wildman–Crippen LogP) is 11.1. The van der Waals surface area contributed by atoms with Gasteiger partial charge in [-0.25, -0.2) is 9.97 Å². The molecule has 1 aliphatic heterocycles. The number of benzene rings is 4. The van der Waals surface area contributed by atoms with Gasteiger partial charge in [-0.1, -0.05) is 67.1 Å². The first-order valence-electron chi connectivity index (χ1n) is 23.9. The van der Waals surface area contributed by atoms with Crippen molar-refractivity contribution in [1.82, 2.24) is 14.9 Å². The normalized spacial score (nSPS) is 17.6. The van der Waals surface area contributed by atoms with E-state index in [9.17, 15) is 14.7 Å². The first-order valence-corrected chi connectivity index (χ1v) is 23.9. The van der Waals surface area contributed by atoms with E-state index in [0.717, 1.165) is 96.0 Å². The van der Waals surface area contributed by atoms with E-state index in [-0.39, 0.29) is 17.8 Å². The van der Waals surface area contributed by atoms with E-state index in [2.05, 4.69) is 28.7 Å². The van der Waals surface area contributed by atoms with Crippen molar-refractivity contribution in [3.8, 4) is 34.4 Å². The number of carboxylic acid groups (broad SMARTS) is 1. The Bertz CT molecular complexity index is 2520. The number of carboxylic acids is 1. The number of aliphatic carboxylic acids is 1. The Hall–Kier alpha value is -6.82. The summed E-state index contributed by atoms with van der Waals surface area (Å²) in [6.45, 7) is 12.4. The Morgan fingerprint density at radius 1 is 0.676 bits per heavy atom. The monoisotopic (exact) mass is 923 g/mol. The number of aryl methyl sites for hydroxylation is 4. The number of carbonyl (C=O) groups excluding carboxylic acids is 1. The van der Waals surface area contributed by atoms with Crippen molar-refractivity contribution in [1.29, 1.82) is 0 Å². The summed E-state index contributed by atoms with van der Waals surface area (Å²) in [5.41, 5.74) is 6.20. The molecule has 3 heterocycles. The molecule has 0 bridgehead atoms. The van der Waals surface area contributed by atoms with Crippen LogP contribution in [0.4, 0.5) is 0 Å². The summed E-state index contributed by atoms with van der Waals surface area (Å²) in [6, 6.07) is 36.1. The van der Waals surface area contributed by atoms with Gasteiger partial charge in [-0.3, -0.25) is 9.59 Å². The van der Waals surface area contributed by atoms with Gasteiger partial charge in [0.15, 0.2) is 5.88 Å². The zero-order chi connectivity index (χ0) is 47.8. The second kappa shape index (κ2) is 24.3. The van der Waals surface area contributed by atoms with Gasteiger partial charge in [-0.2, -0.15) is 0 Å². The second-order valence-corrected chi connectivity index (χ2v) is 17.6. The van der Waals surface area contributed by atoms with Gasteiger partial charge in [0.05, 0.1) is 50.2 Å². The largest absolute Gasteiger partial charge is 0.493 e. The van der Waals surface area contributed by atoms with Gasteiger partial charge in [0, 0.05) is 37.1 Å². The highest BCUT2D eigenvalue weighted by atomic mass is 16.5. The Balaban J connectivity index is 0.000000203. The average molecular weight is 924 g/mol. The van der Waals surface area contributed by atoms with Crippen LogP contribution in [0.5, 0.6) is 11.5 Å². The SMILES string of the molecule is C=C(OCC)N1C[C@@H](CCc2ccc(OCCc3nc(-c4ccccc4)oc3C)cc2)[C@@H](C(=O)O)C1.COC(=O)[C@@H]1CCC[C@@H]1CCc1ccc(OCCc2nc(-c3ccccc3)oc2C)cc1. The number of hydrogen-bond acceptors (Lipinski definition) is 11. The second-order valence-electron chi connectivity index (χ2n) is 17.6. The number of ether oxygens (including phenoxy) is 4. The highest BCUT2D eigenvalue weighted by Crippen LogP contribution is 2.36. The number of likely N-dealkylation sites (tertiary alicyclic amines) is 1. The highest BCUT2D eigenvalue weighted by molar-refractivity contribution is 5.73. The van der Waals surface area contributed by atoms with Crippen molar-refractivity contribution in [3.05, 3.63) is 156 Å². The van der Waals surface area contributed by atoms with Crippen LogP contribution >= 0.6 is 0 Å². The minimum atomic E-state index is -0.756. The first kappa shape index (κ1) is 49.1. The third-order valence-electron chi connectivity index (χ3n) is 13.1. The van der Waals surface area contributed by atoms with Gasteiger partial charge in [-0.15, -0.1) is 0 Å². The predicted molar refractivity (Wildman–Crippen MR) is 261 cm³/mol. The van der Waals surface area contributed by atoms with E-state index in [1.165, 1.54) is 12.7 Å². The van der Waals surface area contributed by atoms with Crippen molar-refractivity contribution in [2.75, 3.05) is 40.0 Å². The summed E-state index contributed by atoms with van der Waals surface area (Å²) >= 11 is 0. The number of esters is 1. The number of methoxy groups -OCH3 is 1. The van der Waals surface area contributed by atoms with Crippen molar-refractivity contribution in [2.24, 2.45) is 23.7 Å². The van der Waals surface area contributed by atoms with Crippen molar-refractivity contribution in [3.63, 3.8) is 0 Å². The summed E-state index contributed by atoms with van der Waals surface area (Å²) < 4.78 is 34.0. The minimum Gasteiger partial charge on any atom is -0.493 e. The molecule has 12 heteroatoms. The smallest absolute Gasteiger partial charge is 0.308 e. The Labute approximate surface area is 400 Å². The van der Waals surface area contributed by atoms with Crippen molar-refractivity contribution in [2.45, 2.75) is 78.6 Å². The number of rotatable bonds is 21. The maximum absolute atomic E-state index is 11.9. The highest BCUT2D eigenvalue weighted by Gasteiger charge is 2.38. The number of nitrogens with zero attached hydrogens (tertiary/aromatic N) is 3. The number of oxazole rings is 2. The Morgan fingerprint density at radius 3 is 1.65 bits per heavy atom. The fourth-order valence-electron chi connectivity index (χ4n) is 9.22. The van der Waals surface area contributed by atoms with Crippen LogP contribution in [-0.2, 0) is 44.7 Å². The van der Waals surface area contributed by atoms with Crippen molar-refractivity contribution >= 4 is 11.9 Å². The Kier molecular flexibility index (Phi) is 17.5. The van der Waals surface area contributed by atoms with Crippen LogP contribution in [0.25, 0.3) is 22.9 Å². The molecule has 2 aliphatic rings. The molecule has 68 heavy (non-hydrogen) atoms. The van der Waals surface area contributed by atoms with E-state index in [4.69, 9.17) is 27.8 Å². The molecule has 4 aromatic carbocycles. The molecule has 1 saturated carbocycles. The van der Waals surface area contributed by atoms with E-state index >= 15 is 0 Å². The lowest BCUT2D eigenvalue weighted by Crippen LogP contribution is -2.24. The van der Waals surface area contributed by atoms with Crippen molar-refractivity contribution < 1.29 is 42.5 Å². The van der Waals surface area contributed by atoms with Crippen LogP contribution in [0, 0.1) is 37.5 Å². The molecule has 0 amide bonds. The van der Waals surface area contributed by atoms with Gasteiger partial charge >= 0.3 is 11.9 Å². The van der Waals surface area contributed by atoms with Gasteiger partial charge in [0.25, 0.3) is 0 Å². The summed E-state index contributed by atoms with van der Waals surface area (Å²) in [5, 5.41) is 9.66. The molecule has 358 valence electrons. The number of hydrogen-bond donors (Lipinski definition) is 1. The molecule has 12 nitrogen and oxygen atoms in total. The molecule has 8 rings (SSSR count). The van der Waals surface area contributed by atoms with Gasteiger partial charge in [0.2, 0.25) is 11.8 Å². The third-order valence-corrected chi connectivity index (χ3v) is 13.1. The van der Waals surface area contributed by atoms with Crippen LogP contribution < -0.4 is 9.47 Å². The quantitative estimate of drug-likeness (QED) is 0.0541. The molecule has 0 spiro atoms. The lowest BCUT2D eigenvalue weighted by atomic mass is 9.90. The topological polar surface area (TPSA) is 147 Å². The summed E-state index contributed by atoms with van der Waals surface area (Å²) in [4.78, 5) is 34.9. The zero-order valence-corrected chi connectivity index (χ0v) is 39.9. The number of aromatic nitrogens is 2. The molecule has 6 aromatic rings. The maximum atomic E-state index is 11.9. The molecule has 4 atom stereocenters. The zero-order valence-electron chi connectivity index (χ0n) is 39.9. The lowest BCUT2D eigenvalue weighted by Gasteiger charge is -2.20. The molecule has 2 fully saturated rings. The van der Waals surface area contributed by atoms with Gasteiger partial charge in [-0.05, 0) is 137 Å². The maximum Gasteiger partial charge on any atom is 0.308 e. The average Bonchev–Trinajstić information content (AvgIpc) is 4.18. The van der Waals surface area contributed by atoms with Gasteiger partial charge < -0.3 is 37.8 Å². The molecule has 1 aliphatic carbocycles. The summed E-state index contributed by atoms with van der Waals surface area (Å²) in [6.07, 6.45) is 8.15. The van der Waals surface area contributed by atoms with Crippen LogP contribution in [0.15, 0.2) is 130 Å². The molecule has 0 radical (unpaired) electrons. The molecule has 0 unspecified atom stereocenters. The molecular weight excluding hydrogens is 859 g/mol. The third kappa shape index (κ3) is 13.4. The minimum absolute atomic E-state index is 0.0468. The summed E-state index contributed by atoms with van der Waals surface area (Å²) in [7, 11) is 1.49. The van der Waals surface area contributed by atoms with Crippen LogP contribution in [0.1, 0.15) is 73.1 Å². The standard InChI is InChI=1S/C29H34N2O5.C27H31NO4/c1-4-34-21(3)31-18-24(26(19-31)29(32)33)13-10-22-11-14-25(15-12-22)35-17-16-27-20(2)36-28(30-27)23-8-6-5-7-9-23;1-19-25(28-26(32-19)22-7-4-3-5-8-22)17-18-31-23-15-12-20(13-16-23)11-14-21-9-6-10-24(21)27(29)30-2/h5-9,11-12,14-15,24,26H,3-4,10,13,16-19H2,1-2H3,(H,32,33);3-5,7-8,12-13,15-16,21,24H,6,9-11,14,17-18H2,1-2H3/t24-,26+;21-,24-/m11/s1. The molecule has 1 saturated heterocycles. The van der Waals surface area contributed by atoms with Crippen LogP contribution in [0.3, 0.4) is 0 Å². The molecule has 2 aromatic heterocycles. The van der Waals surface area contributed by atoms with Gasteiger partial charge in [0.1, 0.15) is 23.0 Å². The summed E-state index contributed by atoms with van der Waals surface area (Å²) in [5.74, 6) is 4.49. The molecule has 1 N–H and O–H groups in total. The first-order chi connectivity index (χ1) is 33.1. The Morgan fingerprint density at radius 2 is 1.18 bits per heavy atom. The van der Waals surface area contributed by atoms with Crippen LogP contribution in [0.2, 0.25) is 0 Å². The fourth-order valence-corrected chi connectivity index (χ4v) is 9.22. The molecular formula is C56H65N3O9. The van der Waals surface area contributed by atoms with Crippen LogP contribution in [-0.4, -0.2) is 71.9 Å².